The van der Waals surface area contributed by atoms with E-state index in [0.29, 0.717) is 0 Å². The quantitative estimate of drug-likeness (QED) is 0.750. The van der Waals surface area contributed by atoms with Crippen molar-refractivity contribution in [3.8, 4) is 0 Å². The Labute approximate surface area is 97.7 Å². The predicted molar refractivity (Wildman–Crippen MR) is 60.8 cm³/mol. The molecule has 0 aliphatic rings. The molecule has 2 rings (SSSR count). The van der Waals surface area contributed by atoms with Crippen molar-refractivity contribution in [2.75, 3.05) is 0 Å². The molecule has 0 amide bonds. The summed E-state index contributed by atoms with van der Waals surface area (Å²) in [7, 11) is 0. The number of halogens is 3. The van der Waals surface area contributed by atoms with Crippen LogP contribution in [0.2, 0.25) is 0 Å². The van der Waals surface area contributed by atoms with Gasteiger partial charge in [-0.2, -0.15) is 0 Å². The van der Waals surface area contributed by atoms with Crippen molar-refractivity contribution >= 4 is 0 Å². The predicted octanol–water partition coefficient (Wildman–Crippen LogP) is 4.16. The van der Waals surface area contributed by atoms with Gasteiger partial charge in [-0.15, -0.1) is 0 Å². The van der Waals surface area contributed by atoms with Gasteiger partial charge in [0, 0.05) is 0 Å². The third kappa shape index (κ3) is 2.05. The zero-order valence-electron chi connectivity index (χ0n) is 8.98. The molecule has 0 radical (unpaired) electrons. The minimum atomic E-state index is -3.10. The summed E-state index contributed by atoms with van der Waals surface area (Å²) in [6, 6.07) is 15.0. The fourth-order valence-electron chi connectivity index (χ4n) is 1.78. The molecule has 3 heteroatoms. The zero-order valence-corrected chi connectivity index (χ0v) is 8.98. The summed E-state index contributed by atoms with van der Waals surface area (Å²) >= 11 is 0. The topological polar surface area (TPSA) is 0 Å². The van der Waals surface area contributed by atoms with E-state index < -0.39 is 12.1 Å². The van der Waals surface area contributed by atoms with Gasteiger partial charge in [0.2, 0.25) is 5.67 Å². The molecule has 0 nitrogen and oxygen atoms in total. The highest BCUT2D eigenvalue weighted by Crippen LogP contribution is 2.39. The van der Waals surface area contributed by atoms with E-state index in [1.54, 1.807) is 36.4 Å². The second-order valence-electron chi connectivity index (χ2n) is 3.74. The van der Waals surface area contributed by atoms with E-state index in [-0.39, 0.29) is 11.1 Å². The Bertz CT molecular complexity index is 426. The summed E-state index contributed by atoms with van der Waals surface area (Å²) in [6.45, 7) is 0. The minimum Gasteiger partial charge on any atom is -0.227 e. The summed E-state index contributed by atoms with van der Waals surface area (Å²) in [5.41, 5.74) is -2.80. The Balaban J connectivity index is 2.55. The fraction of sp³-hybridized carbons (Fsp3) is 0.143. The molecular formula is C14H11F3. The van der Waals surface area contributed by atoms with Gasteiger partial charge in [-0.05, 0) is 11.1 Å². The molecule has 0 bridgehead atoms. The molecule has 17 heavy (non-hydrogen) atoms. The van der Waals surface area contributed by atoms with E-state index in [1.165, 1.54) is 24.3 Å². The highest BCUT2D eigenvalue weighted by Gasteiger charge is 2.43. The third-order valence-electron chi connectivity index (χ3n) is 2.69. The molecule has 0 spiro atoms. The van der Waals surface area contributed by atoms with Crippen molar-refractivity contribution in [2.24, 2.45) is 0 Å². The maximum Gasteiger partial charge on any atom is 0.280 e. The molecule has 0 heterocycles. The van der Waals surface area contributed by atoms with Crippen LogP contribution in [0.5, 0.6) is 0 Å². The molecule has 0 atom stereocenters. The first kappa shape index (κ1) is 11.7. The lowest BCUT2D eigenvalue weighted by atomic mass is 9.88. The van der Waals surface area contributed by atoms with Crippen LogP contribution in [-0.4, -0.2) is 6.43 Å². The smallest absolute Gasteiger partial charge is 0.227 e. The Hall–Kier alpha value is -1.77. The van der Waals surface area contributed by atoms with Crippen LogP contribution >= 0.6 is 0 Å². The Morgan fingerprint density at radius 3 is 1.35 bits per heavy atom. The van der Waals surface area contributed by atoms with Gasteiger partial charge >= 0.3 is 0 Å². The third-order valence-corrected chi connectivity index (χ3v) is 2.69. The Morgan fingerprint density at radius 1 is 0.706 bits per heavy atom. The van der Waals surface area contributed by atoms with E-state index >= 15 is 0 Å². The molecular weight excluding hydrogens is 225 g/mol. The Kier molecular flexibility index (Phi) is 3.18. The number of rotatable bonds is 3. The highest BCUT2D eigenvalue weighted by atomic mass is 19.3. The van der Waals surface area contributed by atoms with Crippen LogP contribution in [0.3, 0.4) is 0 Å². The van der Waals surface area contributed by atoms with Gasteiger partial charge in [0.1, 0.15) is 0 Å². The van der Waals surface area contributed by atoms with E-state index in [1.807, 2.05) is 0 Å². The summed E-state index contributed by atoms with van der Waals surface area (Å²) < 4.78 is 40.8. The van der Waals surface area contributed by atoms with Crippen LogP contribution < -0.4 is 0 Å². The number of hydrogen-bond donors (Lipinski definition) is 0. The maximum absolute atomic E-state index is 14.6. The SMILES string of the molecule is FC(F)C(F)(c1ccccc1)c1ccccc1. The van der Waals surface area contributed by atoms with E-state index in [4.69, 9.17) is 0 Å². The molecule has 0 N–H and O–H groups in total. The van der Waals surface area contributed by atoms with E-state index in [9.17, 15) is 13.2 Å². The Morgan fingerprint density at radius 2 is 1.06 bits per heavy atom. The van der Waals surface area contributed by atoms with Crippen molar-refractivity contribution in [3.63, 3.8) is 0 Å². The maximum atomic E-state index is 14.6. The first-order valence-electron chi connectivity index (χ1n) is 5.24. The van der Waals surface area contributed by atoms with Gasteiger partial charge in [-0.3, -0.25) is 0 Å². The zero-order chi connectivity index (χ0) is 12.3. The fourth-order valence-corrected chi connectivity index (χ4v) is 1.78. The van der Waals surface area contributed by atoms with Crippen molar-refractivity contribution < 1.29 is 13.2 Å². The molecule has 0 aliphatic heterocycles. The van der Waals surface area contributed by atoms with Crippen molar-refractivity contribution in [2.45, 2.75) is 12.1 Å². The second kappa shape index (κ2) is 4.62. The van der Waals surface area contributed by atoms with Crippen LogP contribution in [0.25, 0.3) is 0 Å². The average molecular weight is 236 g/mol. The summed E-state index contributed by atoms with van der Waals surface area (Å²) in [5, 5.41) is 0. The van der Waals surface area contributed by atoms with Crippen molar-refractivity contribution in [1.29, 1.82) is 0 Å². The first-order chi connectivity index (χ1) is 8.15. The summed E-state index contributed by atoms with van der Waals surface area (Å²) in [5.74, 6) is 0. The van der Waals surface area contributed by atoms with Gasteiger partial charge in [0.05, 0.1) is 0 Å². The molecule has 0 saturated carbocycles. The number of benzene rings is 2. The lowest BCUT2D eigenvalue weighted by molar-refractivity contribution is -0.0101. The van der Waals surface area contributed by atoms with Crippen molar-refractivity contribution in [3.05, 3.63) is 71.8 Å². The van der Waals surface area contributed by atoms with E-state index in [2.05, 4.69) is 0 Å². The van der Waals surface area contributed by atoms with Gasteiger partial charge in [0.25, 0.3) is 6.43 Å². The van der Waals surface area contributed by atoms with Crippen LogP contribution in [0.15, 0.2) is 60.7 Å². The largest absolute Gasteiger partial charge is 0.280 e. The monoisotopic (exact) mass is 236 g/mol. The summed E-state index contributed by atoms with van der Waals surface area (Å²) in [6.07, 6.45) is -3.10. The summed E-state index contributed by atoms with van der Waals surface area (Å²) in [4.78, 5) is 0. The second-order valence-corrected chi connectivity index (χ2v) is 3.74. The number of hydrogen-bond acceptors (Lipinski definition) is 0. The van der Waals surface area contributed by atoms with Crippen molar-refractivity contribution in [1.82, 2.24) is 0 Å². The molecule has 0 aliphatic carbocycles. The van der Waals surface area contributed by atoms with Gasteiger partial charge in [0.15, 0.2) is 0 Å². The van der Waals surface area contributed by atoms with Crippen LogP contribution in [0.4, 0.5) is 13.2 Å². The average Bonchev–Trinajstić information content (AvgIpc) is 2.39. The van der Waals surface area contributed by atoms with Gasteiger partial charge in [-0.1, -0.05) is 60.7 Å². The highest BCUT2D eigenvalue weighted by molar-refractivity contribution is 5.36. The van der Waals surface area contributed by atoms with Gasteiger partial charge in [-0.25, -0.2) is 13.2 Å². The lowest BCUT2D eigenvalue weighted by Crippen LogP contribution is -2.30. The normalized spacial score (nSPS) is 11.8. The molecule has 88 valence electrons. The van der Waals surface area contributed by atoms with Crippen LogP contribution in [0.1, 0.15) is 11.1 Å². The van der Waals surface area contributed by atoms with Crippen LogP contribution in [-0.2, 0) is 5.67 Å². The van der Waals surface area contributed by atoms with Gasteiger partial charge < -0.3 is 0 Å². The van der Waals surface area contributed by atoms with E-state index in [0.717, 1.165) is 0 Å². The lowest BCUT2D eigenvalue weighted by Gasteiger charge is -2.25. The minimum absolute atomic E-state index is 0.0267. The molecule has 2 aromatic carbocycles. The standard InChI is InChI=1S/C14H11F3/c15-13(16)14(17,11-7-3-1-4-8-11)12-9-5-2-6-10-12/h1-10,13H. The molecule has 2 aromatic rings. The molecule has 0 aromatic heterocycles. The number of alkyl halides is 3. The first-order valence-corrected chi connectivity index (χ1v) is 5.24. The molecule has 0 fully saturated rings. The molecule has 0 unspecified atom stereocenters. The molecule has 0 saturated heterocycles. The van der Waals surface area contributed by atoms with Crippen LogP contribution in [0, 0.1) is 0 Å².